The summed E-state index contributed by atoms with van der Waals surface area (Å²) in [7, 11) is 1.24. The molecule has 1 rings (SSSR count). The second-order valence-electron chi connectivity index (χ2n) is 2.71. The highest BCUT2D eigenvalue weighted by atomic mass is 19.1. The SMILES string of the molecule is COc1c(F)cc([N+](=O)[O-])cc1CNO. The van der Waals surface area contributed by atoms with Crippen LogP contribution in [0.1, 0.15) is 5.56 Å². The molecule has 0 aromatic heterocycles. The van der Waals surface area contributed by atoms with Crippen LogP contribution in [0.15, 0.2) is 12.1 Å². The fourth-order valence-electron chi connectivity index (χ4n) is 1.18. The second-order valence-corrected chi connectivity index (χ2v) is 2.71. The summed E-state index contributed by atoms with van der Waals surface area (Å²) >= 11 is 0. The lowest BCUT2D eigenvalue weighted by Crippen LogP contribution is -2.09. The van der Waals surface area contributed by atoms with Crippen LogP contribution >= 0.6 is 0 Å². The lowest BCUT2D eigenvalue weighted by atomic mass is 10.1. The third-order valence-corrected chi connectivity index (χ3v) is 1.79. The van der Waals surface area contributed by atoms with Crippen molar-refractivity contribution in [1.82, 2.24) is 5.48 Å². The molecule has 1 aromatic carbocycles. The van der Waals surface area contributed by atoms with Crippen molar-refractivity contribution >= 4 is 5.69 Å². The van der Waals surface area contributed by atoms with E-state index >= 15 is 0 Å². The summed E-state index contributed by atoms with van der Waals surface area (Å²) in [6.45, 7) is -0.137. The number of hydroxylamine groups is 1. The first-order chi connectivity index (χ1) is 7.10. The standard InChI is InChI=1S/C8H9FN2O4/c1-15-8-5(4-10-12)2-6(11(13)14)3-7(8)9/h2-3,10,12H,4H2,1H3. The minimum Gasteiger partial charge on any atom is -0.493 e. The number of nitro benzene ring substituents is 1. The van der Waals surface area contributed by atoms with E-state index in [9.17, 15) is 14.5 Å². The van der Waals surface area contributed by atoms with Crippen molar-refractivity contribution in [3.63, 3.8) is 0 Å². The Labute approximate surface area is 84.4 Å². The molecule has 0 aliphatic rings. The van der Waals surface area contributed by atoms with E-state index in [1.165, 1.54) is 7.11 Å². The highest BCUT2D eigenvalue weighted by Gasteiger charge is 2.16. The van der Waals surface area contributed by atoms with E-state index in [2.05, 4.69) is 0 Å². The van der Waals surface area contributed by atoms with Gasteiger partial charge in [-0.3, -0.25) is 10.1 Å². The Hall–Kier alpha value is -1.73. The largest absolute Gasteiger partial charge is 0.493 e. The maximum Gasteiger partial charge on any atom is 0.272 e. The van der Waals surface area contributed by atoms with Crippen LogP contribution in [0.2, 0.25) is 0 Å². The van der Waals surface area contributed by atoms with Crippen molar-refractivity contribution in [2.75, 3.05) is 7.11 Å². The van der Waals surface area contributed by atoms with Gasteiger partial charge in [0.25, 0.3) is 5.69 Å². The molecule has 0 saturated heterocycles. The van der Waals surface area contributed by atoms with Crippen molar-refractivity contribution < 1.29 is 19.3 Å². The first-order valence-electron chi connectivity index (χ1n) is 3.98. The average molecular weight is 216 g/mol. The summed E-state index contributed by atoms with van der Waals surface area (Å²) in [5.41, 5.74) is 1.57. The number of hydrogen-bond donors (Lipinski definition) is 2. The molecule has 2 N–H and O–H groups in total. The van der Waals surface area contributed by atoms with Gasteiger partial charge in [0.15, 0.2) is 11.6 Å². The van der Waals surface area contributed by atoms with Crippen LogP contribution in [0, 0.1) is 15.9 Å². The molecular weight excluding hydrogens is 207 g/mol. The lowest BCUT2D eigenvalue weighted by Gasteiger charge is -2.08. The van der Waals surface area contributed by atoms with Gasteiger partial charge in [-0.1, -0.05) is 0 Å². The number of nitro groups is 1. The number of ether oxygens (including phenoxy) is 1. The van der Waals surface area contributed by atoms with Gasteiger partial charge in [-0.05, 0) is 0 Å². The molecule has 0 radical (unpaired) electrons. The summed E-state index contributed by atoms with van der Waals surface area (Å²) < 4.78 is 18.0. The molecule has 7 heteroatoms. The fourth-order valence-corrected chi connectivity index (χ4v) is 1.18. The van der Waals surface area contributed by atoms with Crippen molar-refractivity contribution in [3.8, 4) is 5.75 Å². The Bertz CT molecular complexity index is 383. The molecule has 0 fully saturated rings. The predicted octanol–water partition coefficient (Wildman–Crippen LogP) is 1.22. The molecule has 0 aliphatic carbocycles. The zero-order chi connectivity index (χ0) is 11.4. The van der Waals surface area contributed by atoms with Gasteiger partial charge in [0.05, 0.1) is 18.1 Å². The summed E-state index contributed by atoms with van der Waals surface area (Å²) in [4.78, 5) is 9.71. The first kappa shape index (κ1) is 11.3. The molecule has 0 atom stereocenters. The van der Waals surface area contributed by atoms with Crippen molar-refractivity contribution in [2.24, 2.45) is 0 Å². The van der Waals surface area contributed by atoms with E-state index in [0.717, 1.165) is 12.1 Å². The third-order valence-electron chi connectivity index (χ3n) is 1.79. The normalized spacial score (nSPS) is 10.1. The van der Waals surface area contributed by atoms with Gasteiger partial charge in [-0.25, -0.2) is 9.87 Å². The fraction of sp³-hybridized carbons (Fsp3) is 0.250. The second kappa shape index (κ2) is 4.67. The Morgan fingerprint density at radius 3 is 2.80 bits per heavy atom. The van der Waals surface area contributed by atoms with E-state index in [1.54, 1.807) is 5.48 Å². The molecule has 0 saturated carbocycles. The Kier molecular flexibility index (Phi) is 3.53. The van der Waals surface area contributed by atoms with Crippen molar-refractivity contribution in [2.45, 2.75) is 6.54 Å². The summed E-state index contributed by atoms with van der Waals surface area (Å²) in [5.74, 6) is -0.959. The molecule has 0 heterocycles. The molecule has 0 unspecified atom stereocenters. The number of rotatable bonds is 4. The summed E-state index contributed by atoms with van der Waals surface area (Å²) in [6, 6.07) is 1.89. The number of hydrogen-bond acceptors (Lipinski definition) is 5. The van der Waals surface area contributed by atoms with E-state index in [0.29, 0.717) is 0 Å². The minimum absolute atomic E-state index is 0.123. The van der Waals surface area contributed by atoms with Gasteiger partial charge in [0.1, 0.15) is 0 Å². The molecule has 1 aromatic rings. The van der Waals surface area contributed by atoms with Gasteiger partial charge in [-0.15, -0.1) is 0 Å². The number of non-ortho nitro benzene ring substituents is 1. The van der Waals surface area contributed by atoms with Crippen LogP contribution in [0.5, 0.6) is 5.75 Å². The maximum atomic E-state index is 13.3. The zero-order valence-corrected chi connectivity index (χ0v) is 7.86. The average Bonchev–Trinajstić information content (AvgIpc) is 2.17. The number of nitrogens with one attached hydrogen (secondary N) is 1. The van der Waals surface area contributed by atoms with E-state index in [4.69, 9.17) is 9.94 Å². The molecule has 82 valence electrons. The molecule has 15 heavy (non-hydrogen) atoms. The topological polar surface area (TPSA) is 84.6 Å². The van der Waals surface area contributed by atoms with Crippen molar-refractivity contribution in [1.29, 1.82) is 0 Å². The van der Waals surface area contributed by atoms with Gasteiger partial charge in [0.2, 0.25) is 0 Å². The Morgan fingerprint density at radius 1 is 1.67 bits per heavy atom. The molecule has 0 aliphatic heterocycles. The minimum atomic E-state index is -0.836. The smallest absolute Gasteiger partial charge is 0.272 e. The van der Waals surface area contributed by atoms with Gasteiger partial charge < -0.3 is 9.94 Å². The lowest BCUT2D eigenvalue weighted by molar-refractivity contribution is -0.385. The maximum absolute atomic E-state index is 13.3. The number of halogens is 1. The number of nitrogens with zero attached hydrogens (tertiary/aromatic N) is 1. The Balaban J connectivity index is 3.25. The van der Waals surface area contributed by atoms with E-state index in [1.807, 2.05) is 0 Å². The number of benzene rings is 1. The van der Waals surface area contributed by atoms with Crippen molar-refractivity contribution in [3.05, 3.63) is 33.6 Å². The molecule has 0 amide bonds. The first-order valence-corrected chi connectivity index (χ1v) is 3.98. The number of methoxy groups -OCH3 is 1. The quantitative estimate of drug-likeness (QED) is 0.583. The van der Waals surface area contributed by atoms with Crippen LogP contribution in [-0.2, 0) is 6.54 Å². The van der Waals surface area contributed by atoms with Gasteiger partial charge in [0, 0.05) is 18.2 Å². The zero-order valence-electron chi connectivity index (χ0n) is 7.86. The highest BCUT2D eigenvalue weighted by molar-refractivity contribution is 5.45. The molecule has 6 nitrogen and oxygen atoms in total. The van der Waals surface area contributed by atoms with Crippen LogP contribution < -0.4 is 10.2 Å². The molecular formula is C8H9FN2O4. The predicted molar refractivity (Wildman–Crippen MR) is 48.2 cm³/mol. The monoisotopic (exact) mass is 216 g/mol. The van der Waals surface area contributed by atoms with Crippen LogP contribution in [0.25, 0.3) is 0 Å². The summed E-state index contributed by atoms with van der Waals surface area (Å²) in [5, 5.41) is 18.9. The highest BCUT2D eigenvalue weighted by Crippen LogP contribution is 2.27. The van der Waals surface area contributed by atoms with Crippen LogP contribution in [0.4, 0.5) is 10.1 Å². The molecule has 0 spiro atoms. The van der Waals surface area contributed by atoms with Gasteiger partial charge >= 0.3 is 0 Å². The third kappa shape index (κ3) is 2.39. The van der Waals surface area contributed by atoms with E-state index in [-0.39, 0.29) is 17.9 Å². The molecule has 0 bridgehead atoms. The van der Waals surface area contributed by atoms with Crippen LogP contribution in [-0.4, -0.2) is 17.2 Å². The summed E-state index contributed by atoms with van der Waals surface area (Å²) in [6.07, 6.45) is 0. The van der Waals surface area contributed by atoms with E-state index < -0.39 is 16.4 Å². The van der Waals surface area contributed by atoms with Gasteiger partial charge in [-0.2, -0.15) is 0 Å². The Morgan fingerprint density at radius 2 is 2.33 bits per heavy atom. The van der Waals surface area contributed by atoms with Crippen LogP contribution in [0.3, 0.4) is 0 Å².